The fourth-order valence-corrected chi connectivity index (χ4v) is 5.15. The van der Waals surface area contributed by atoms with Crippen molar-refractivity contribution in [1.29, 1.82) is 0 Å². The largest absolute Gasteiger partial charge is 0.491 e. The summed E-state index contributed by atoms with van der Waals surface area (Å²) in [4.78, 5) is 8.61. The Kier molecular flexibility index (Phi) is 6.04. The molecule has 0 saturated carbocycles. The molecule has 172 valence electrons. The minimum absolute atomic E-state index is 0.0406. The van der Waals surface area contributed by atoms with Crippen molar-refractivity contribution in [2.24, 2.45) is 0 Å². The maximum atomic E-state index is 10.7. The monoisotopic (exact) mass is 581 g/mol. The van der Waals surface area contributed by atoms with E-state index in [4.69, 9.17) is 26.8 Å². The predicted molar refractivity (Wildman–Crippen MR) is 131 cm³/mol. The highest BCUT2D eigenvalue weighted by molar-refractivity contribution is 14.1. The molecule has 33 heavy (non-hydrogen) atoms. The topological polar surface area (TPSA) is 128 Å². The number of pyridine rings is 1. The first-order valence-corrected chi connectivity index (χ1v) is 11.8. The second-order valence-corrected chi connectivity index (χ2v) is 9.41. The molecule has 11 heteroatoms. The van der Waals surface area contributed by atoms with E-state index < -0.39 is 24.4 Å². The molecular formula is C22H21ClIN5O4. The summed E-state index contributed by atoms with van der Waals surface area (Å²) >= 11 is 8.48. The highest BCUT2D eigenvalue weighted by atomic mass is 127. The summed E-state index contributed by atoms with van der Waals surface area (Å²) in [5, 5.41) is 27.0. The highest BCUT2D eigenvalue weighted by Gasteiger charge is 2.45. The normalized spacial score (nSPS) is 22.9. The van der Waals surface area contributed by atoms with Gasteiger partial charge in [0.05, 0.1) is 16.2 Å². The van der Waals surface area contributed by atoms with Crippen LogP contribution < -0.4 is 10.5 Å². The number of aliphatic hydroxyl groups is 2. The molecule has 1 saturated heterocycles. The van der Waals surface area contributed by atoms with Gasteiger partial charge in [-0.2, -0.15) is 5.10 Å². The van der Waals surface area contributed by atoms with Gasteiger partial charge >= 0.3 is 0 Å². The zero-order valence-electron chi connectivity index (χ0n) is 17.5. The lowest BCUT2D eigenvalue weighted by Crippen LogP contribution is -2.34. The molecule has 5 rings (SSSR count). The Morgan fingerprint density at radius 2 is 2.06 bits per heavy atom. The number of anilines is 1. The van der Waals surface area contributed by atoms with Crippen LogP contribution in [0.15, 0.2) is 36.7 Å². The van der Waals surface area contributed by atoms with E-state index in [1.807, 2.05) is 25.1 Å². The van der Waals surface area contributed by atoms with Crippen molar-refractivity contribution in [2.75, 3.05) is 12.3 Å². The lowest BCUT2D eigenvalue weighted by molar-refractivity contribution is -0.0187. The van der Waals surface area contributed by atoms with Gasteiger partial charge in [-0.05, 0) is 53.3 Å². The summed E-state index contributed by atoms with van der Waals surface area (Å²) in [6.07, 6.45) is -1.74. The maximum Gasteiger partial charge on any atom is 0.152 e. The smallest absolute Gasteiger partial charge is 0.152 e. The third-order valence-electron chi connectivity index (χ3n) is 5.78. The summed E-state index contributed by atoms with van der Waals surface area (Å²) in [6.45, 7) is 2.06. The number of aromatic nitrogens is 4. The number of rotatable bonds is 5. The van der Waals surface area contributed by atoms with Crippen molar-refractivity contribution in [3.63, 3.8) is 0 Å². The maximum absolute atomic E-state index is 10.7. The number of aryl methyl sites for hydroxylation is 1. The van der Waals surface area contributed by atoms with Crippen LogP contribution in [0.5, 0.6) is 5.75 Å². The number of hydrogen-bond donors (Lipinski definition) is 3. The van der Waals surface area contributed by atoms with Crippen LogP contribution >= 0.6 is 34.2 Å². The van der Waals surface area contributed by atoms with Crippen LogP contribution in [0.2, 0.25) is 5.02 Å². The standard InChI is InChI=1S/C22H21ClIN5O4/c1-2-10-5-13(23)12-4-3-11(6-15(12)28-10)32-8-17-19(30)20(31)21(33-17)16-7-14(24)18-22(25)26-9-27-29(16)18/h3-7,9,17,19-21,30-31H,2,8H2,1H3,(H2,25,26,27)/t17-,19-,20-,21+/m1/s1. The summed E-state index contributed by atoms with van der Waals surface area (Å²) in [5.41, 5.74) is 8.81. The van der Waals surface area contributed by atoms with E-state index in [2.05, 4.69) is 37.7 Å². The second kappa shape index (κ2) is 8.84. The van der Waals surface area contributed by atoms with Gasteiger partial charge in [-0.15, -0.1) is 0 Å². The molecule has 4 N–H and O–H groups in total. The van der Waals surface area contributed by atoms with E-state index in [1.165, 1.54) is 6.33 Å². The van der Waals surface area contributed by atoms with E-state index in [0.29, 0.717) is 27.8 Å². The third-order valence-corrected chi connectivity index (χ3v) is 6.91. The molecule has 0 radical (unpaired) electrons. The van der Waals surface area contributed by atoms with Crippen LogP contribution in [0.3, 0.4) is 0 Å². The summed E-state index contributed by atoms with van der Waals surface area (Å²) in [6, 6.07) is 9.12. The highest BCUT2D eigenvalue weighted by Crippen LogP contribution is 2.37. The van der Waals surface area contributed by atoms with Crippen molar-refractivity contribution in [3.8, 4) is 5.75 Å². The Hall–Kier alpha value is -2.25. The van der Waals surface area contributed by atoms with Gasteiger partial charge in [-0.1, -0.05) is 18.5 Å². The van der Waals surface area contributed by atoms with Crippen molar-refractivity contribution in [3.05, 3.63) is 56.6 Å². The zero-order valence-corrected chi connectivity index (χ0v) is 20.4. The number of nitrogens with two attached hydrogens (primary N) is 1. The molecule has 1 aromatic carbocycles. The van der Waals surface area contributed by atoms with E-state index >= 15 is 0 Å². The van der Waals surface area contributed by atoms with Crippen LogP contribution in [0, 0.1) is 3.57 Å². The van der Waals surface area contributed by atoms with Gasteiger partial charge in [0.15, 0.2) is 5.82 Å². The second-order valence-electron chi connectivity index (χ2n) is 7.84. The average molecular weight is 582 g/mol. The van der Waals surface area contributed by atoms with E-state index in [1.54, 1.807) is 16.6 Å². The van der Waals surface area contributed by atoms with Crippen LogP contribution in [0.4, 0.5) is 5.82 Å². The van der Waals surface area contributed by atoms with E-state index in [0.717, 1.165) is 26.6 Å². The molecule has 1 aliphatic rings. The Morgan fingerprint density at radius 1 is 1.24 bits per heavy atom. The first kappa shape index (κ1) is 22.5. The van der Waals surface area contributed by atoms with Crippen LogP contribution in [0.25, 0.3) is 16.4 Å². The summed E-state index contributed by atoms with van der Waals surface area (Å²) in [7, 11) is 0. The number of fused-ring (bicyclic) bond motifs is 2. The minimum atomic E-state index is -1.16. The van der Waals surface area contributed by atoms with Gasteiger partial charge in [0.2, 0.25) is 0 Å². The van der Waals surface area contributed by atoms with Crippen LogP contribution in [0.1, 0.15) is 24.4 Å². The molecule has 0 bridgehead atoms. The quantitative estimate of drug-likeness (QED) is 0.307. The van der Waals surface area contributed by atoms with Crippen LogP contribution in [-0.4, -0.2) is 54.7 Å². The number of halogens is 2. The van der Waals surface area contributed by atoms with Crippen molar-refractivity contribution >= 4 is 56.4 Å². The first-order valence-electron chi connectivity index (χ1n) is 10.4. The minimum Gasteiger partial charge on any atom is -0.491 e. The van der Waals surface area contributed by atoms with E-state index in [9.17, 15) is 10.2 Å². The van der Waals surface area contributed by atoms with Gasteiger partial charge in [-0.25, -0.2) is 9.50 Å². The van der Waals surface area contributed by atoms with Crippen molar-refractivity contribution in [2.45, 2.75) is 37.8 Å². The lowest BCUT2D eigenvalue weighted by Gasteiger charge is -2.16. The molecule has 0 spiro atoms. The number of ether oxygens (including phenoxy) is 2. The Bertz CT molecular complexity index is 1350. The molecule has 0 aliphatic carbocycles. The molecule has 4 heterocycles. The number of hydrogen-bond acceptors (Lipinski definition) is 8. The lowest BCUT2D eigenvalue weighted by atomic mass is 10.1. The van der Waals surface area contributed by atoms with Crippen molar-refractivity contribution < 1.29 is 19.7 Å². The van der Waals surface area contributed by atoms with Gasteiger partial charge in [0.1, 0.15) is 48.6 Å². The Labute approximate surface area is 207 Å². The molecule has 9 nitrogen and oxygen atoms in total. The fourth-order valence-electron chi connectivity index (χ4n) is 4.05. The van der Waals surface area contributed by atoms with Crippen LogP contribution in [-0.2, 0) is 11.2 Å². The van der Waals surface area contributed by atoms with E-state index in [-0.39, 0.29) is 6.61 Å². The van der Waals surface area contributed by atoms with Crippen molar-refractivity contribution in [1.82, 2.24) is 19.6 Å². The SMILES string of the molecule is CCc1cc(Cl)c2ccc(OC[C@H]3O[C@@H](c4cc(I)c5c(N)ncnn45)[C@H](O)[C@@H]3O)cc2n1. The number of nitrogens with zero attached hydrogens (tertiary/aromatic N) is 4. The molecule has 3 aromatic heterocycles. The molecule has 1 fully saturated rings. The van der Waals surface area contributed by atoms with Gasteiger partial charge in [0, 0.05) is 20.7 Å². The summed E-state index contributed by atoms with van der Waals surface area (Å²) in [5.74, 6) is 0.890. The molecule has 0 unspecified atom stereocenters. The van der Waals surface area contributed by atoms with Gasteiger partial charge in [0.25, 0.3) is 0 Å². The Morgan fingerprint density at radius 3 is 2.85 bits per heavy atom. The predicted octanol–water partition coefficient (Wildman–Crippen LogP) is 2.92. The molecule has 0 amide bonds. The summed E-state index contributed by atoms with van der Waals surface area (Å²) < 4.78 is 14.3. The first-order chi connectivity index (χ1) is 15.9. The third kappa shape index (κ3) is 3.99. The fraction of sp³-hybridized carbons (Fsp3) is 0.318. The molecule has 1 aliphatic heterocycles. The average Bonchev–Trinajstić information content (AvgIpc) is 3.29. The Balaban J connectivity index is 1.36. The number of aliphatic hydroxyl groups excluding tert-OH is 2. The van der Waals surface area contributed by atoms with Gasteiger partial charge in [-0.3, -0.25) is 4.98 Å². The molecular weight excluding hydrogens is 561 g/mol. The molecule has 4 atom stereocenters. The molecule has 4 aromatic rings. The number of benzene rings is 1. The van der Waals surface area contributed by atoms with Gasteiger partial charge < -0.3 is 25.4 Å². The zero-order chi connectivity index (χ0) is 23.3. The number of nitrogen functional groups attached to an aromatic ring is 1.